The molecule has 2 N–H and O–H groups in total. The van der Waals surface area contributed by atoms with Gasteiger partial charge in [-0.3, -0.25) is 0 Å². The molecule has 3 heteroatoms. The van der Waals surface area contributed by atoms with Crippen molar-refractivity contribution in [3.05, 3.63) is 23.1 Å². The van der Waals surface area contributed by atoms with E-state index in [9.17, 15) is 0 Å². The van der Waals surface area contributed by atoms with Crippen LogP contribution in [0, 0.1) is 0 Å². The summed E-state index contributed by atoms with van der Waals surface area (Å²) in [5.74, 6) is 1.01. The Kier molecular flexibility index (Phi) is 2.49. The molecule has 0 bridgehead atoms. The third-order valence-electron chi connectivity index (χ3n) is 2.14. The Balaban J connectivity index is 2.85. The Hall–Kier alpha value is -0.470. The highest BCUT2D eigenvalue weighted by Crippen LogP contribution is 2.28. The minimum absolute atomic E-state index is 0.171. The molecule has 0 aliphatic heterocycles. The van der Waals surface area contributed by atoms with Crippen LogP contribution >= 0.6 is 11.6 Å². The van der Waals surface area contributed by atoms with E-state index in [2.05, 4.69) is 0 Å². The highest BCUT2D eigenvalue weighted by atomic mass is 35.5. The van der Waals surface area contributed by atoms with Crippen LogP contribution < -0.4 is 5.73 Å². The summed E-state index contributed by atoms with van der Waals surface area (Å²) >= 11 is 5.65. The molecule has 1 heterocycles. The van der Waals surface area contributed by atoms with Crippen molar-refractivity contribution < 1.29 is 4.42 Å². The van der Waals surface area contributed by atoms with Gasteiger partial charge in [0, 0.05) is 11.5 Å². The molecule has 0 radical (unpaired) electrons. The maximum atomic E-state index is 5.92. The first-order valence-electron chi connectivity index (χ1n) is 3.95. The monoisotopic (exact) mass is 187 g/mol. The maximum absolute atomic E-state index is 5.92. The number of hydrogen-bond donors (Lipinski definition) is 1. The molecule has 12 heavy (non-hydrogen) atoms. The first-order valence-corrected chi connectivity index (χ1v) is 4.33. The topological polar surface area (TPSA) is 39.2 Å². The molecule has 0 saturated heterocycles. The molecule has 0 fully saturated rings. The van der Waals surface area contributed by atoms with Gasteiger partial charge in [0.1, 0.15) is 5.76 Å². The SMILES string of the molecule is CC(c1ccc(Cl)o1)C(C)(C)N. The van der Waals surface area contributed by atoms with Gasteiger partial charge in [-0.2, -0.15) is 0 Å². The van der Waals surface area contributed by atoms with Crippen LogP contribution in [-0.4, -0.2) is 5.54 Å². The van der Waals surface area contributed by atoms with Gasteiger partial charge in [0.2, 0.25) is 0 Å². The maximum Gasteiger partial charge on any atom is 0.193 e. The zero-order chi connectivity index (χ0) is 9.35. The van der Waals surface area contributed by atoms with E-state index in [1.165, 1.54) is 0 Å². The number of nitrogens with two attached hydrogens (primary N) is 1. The fourth-order valence-corrected chi connectivity index (χ4v) is 1.08. The lowest BCUT2D eigenvalue weighted by Gasteiger charge is -2.25. The molecule has 0 amide bonds. The number of halogens is 1. The van der Waals surface area contributed by atoms with Gasteiger partial charge in [-0.1, -0.05) is 6.92 Å². The predicted octanol–water partition coefficient (Wildman–Crippen LogP) is 2.77. The van der Waals surface area contributed by atoms with Crippen molar-refractivity contribution in [3.8, 4) is 0 Å². The lowest BCUT2D eigenvalue weighted by molar-refractivity contribution is 0.367. The standard InChI is InChI=1S/C9H14ClNO/c1-6(9(2,3)11)7-4-5-8(10)12-7/h4-6H,11H2,1-3H3. The molecule has 0 aliphatic rings. The third kappa shape index (κ3) is 2.02. The molecule has 1 unspecified atom stereocenters. The van der Waals surface area contributed by atoms with E-state index < -0.39 is 0 Å². The lowest BCUT2D eigenvalue weighted by atomic mass is 9.88. The van der Waals surface area contributed by atoms with E-state index in [0.717, 1.165) is 5.76 Å². The Morgan fingerprint density at radius 3 is 2.42 bits per heavy atom. The second-order valence-electron chi connectivity index (χ2n) is 3.68. The molecular formula is C9H14ClNO. The van der Waals surface area contributed by atoms with Crippen molar-refractivity contribution in [2.24, 2.45) is 5.73 Å². The molecule has 0 aliphatic carbocycles. The van der Waals surface area contributed by atoms with Crippen LogP contribution in [0.1, 0.15) is 32.4 Å². The van der Waals surface area contributed by atoms with Crippen LogP contribution in [0.25, 0.3) is 0 Å². The first-order chi connectivity index (χ1) is 5.41. The van der Waals surface area contributed by atoms with Crippen LogP contribution in [0.5, 0.6) is 0 Å². The Labute approximate surface area is 77.7 Å². The van der Waals surface area contributed by atoms with E-state index in [1.807, 2.05) is 26.8 Å². The average Bonchev–Trinajstić information content (AvgIpc) is 2.32. The summed E-state index contributed by atoms with van der Waals surface area (Å²) < 4.78 is 5.26. The Morgan fingerprint density at radius 1 is 1.50 bits per heavy atom. The smallest absolute Gasteiger partial charge is 0.193 e. The first kappa shape index (κ1) is 9.62. The van der Waals surface area contributed by atoms with E-state index in [0.29, 0.717) is 5.22 Å². The van der Waals surface area contributed by atoms with Gasteiger partial charge in [0.05, 0.1) is 0 Å². The van der Waals surface area contributed by atoms with Crippen LogP contribution in [0.2, 0.25) is 5.22 Å². The van der Waals surface area contributed by atoms with Gasteiger partial charge < -0.3 is 10.2 Å². The van der Waals surface area contributed by atoms with Crippen molar-refractivity contribution in [2.75, 3.05) is 0 Å². The molecule has 0 saturated carbocycles. The number of rotatable bonds is 2. The zero-order valence-corrected chi connectivity index (χ0v) is 8.35. The third-order valence-corrected chi connectivity index (χ3v) is 2.34. The van der Waals surface area contributed by atoms with Crippen LogP contribution in [0.15, 0.2) is 16.5 Å². The van der Waals surface area contributed by atoms with Gasteiger partial charge in [0.15, 0.2) is 5.22 Å². The van der Waals surface area contributed by atoms with Gasteiger partial charge >= 0.3 is 0 Å². The summed E-state index contributed by atoms with van der Waals surface area (Å²) in [5.41, 5.74) is 5.64. The average molecular weight is 188 g/mol. The number of furan rings is 1. The van der Waals surface area contributed by atoms with Crippen molar-refractivity contribution in [1.29, 1.82) is 0 Å². The highest BCUT2D eigenvalue weighted by molar-refractivity contribution is 6.28. The summed E-state index contributed by atoms with van der Waals surface area (Å²) in [4.78, 5) is 0. The molecule has 1 aromatic heterocycles. The fourth-order valence-electron chi connectivity index (χ4n) is 0.928. The van der Waals surface area contributed by atoms with E-state index in [4.69, 9.17) is 21.8 Å². The normalized spacial score (nSPS) is 14.8. The van der Waals surface area contributed by atoms with Crippen LogP contribution in [0.4, 0.5) is 0 Å². The largest absolute Gasteiger partial charge is 0.449 e. The van der Waals surface area contributed by atoms with Gasteiger partial charge in [0.25, 0.3) is 0 Å². The van der Waals surface area contributed by atoms with Crippen molar-refractivity contribution in [3.63, 3.8) is 0 Å². The lowest BCUT2D eigenvalue weighted by Crippen LogP contribution is -2.37. The van der Waals surface area contributed by atoms with E-state index in [1.54, 1.807) is 6.07 Å². The van der Waals surface area contributed by atoms with Gasteiger partial charge in [-0.05, 0) is 37.6 Å². The predicted molar refractivity (Wildman–Crippen MR) is 50.4 cm³/mol. The molecular weight excluding hydrogens is 174 g/mol. The van der Waals surface area contributed by atoms with Crippen LogP contribution in [0.3, 0.4) is 0 Å². The second kappa shape index (κ2) is 3.11. The zero-order valence-electron chi connectivity index (χ0n) is 7.60. The summed E-state index contributed by atoms with van der Waals surface area (Å²) in [6.45, 7) is 5.96. The molecule has 68 valence electrons. The highest BCUT2D eigenvalue weighted by Gasteiger charge is 2.24. The quantitative estimate of drug-likeness (QED) is 0.774. The molecule has 2 nitrogen and oxygen atoms in total. The minimum Gasteiger partial charge on any atom is -0.449 e. The minimum atomic E-state index is -0.277. The van der Waals surface area contributed by atoms with E-state index in [-0.39, 0.29) is 11.5 Å². The van der Waals surface area contributed by atoms with Gasteiger partial charge in [-0.25, -0.2) is 0 Å². The molecule has 1 aromatic rings. The Bertz CT molecular complexity index is 262. The second-order valence-corrected chi connectivity index (χ2v) is 4.06. The summed E-state index contributed by atoms with van der Waals surface area (Å²) in [6.07, 6.45) is 0. The summed E-state index contributed by atoms with van der Waals surface area (Å²) in [5, 5.41) is 0.418. The van der Waals surface area contributed by atoms with E-state index >= 15 is 0 Å². The van der Waals surface area contributed by atoms with Crippen molar-refractivity contribution in [2.45, 2.75) is 32.2 Å². The molecule has 1 atom stereocenters. The summed E-state index contributed by atoms with van der Waals surface area (Å²) in [7, 11) is 0. The molecule has 1 rings (SSSR count). The van der Waals surface area contributed by atoms with Crippen molar-refractivity contribution >= 4 is 11.6 Å². The Morgan fingerprint density at radius 2 is 2.08 bits per heavy atom. The fraction of sp³-hybridized carbons (Fsp3) is 0.556. The van der Waals surface area contributed by atoms with Crippen LogP contribution in [-0.2, 0) is 0 Å². The summed E-state index contributed by atoms with van der Waals surface area (Å²) in [6, 6.07) is 3.60. The van der Waals surface area contributed by atoms with Gasteiger partial charge in [-0.15, -0.1) is 0 Å². The molecule has 0 aromatic carbocycles. The number of hydrogen-bond acceptors (Lipinski definition) is 2. The van der Waals surface area contributed by atoms with Crippen molar-refractivity contribution in [1.82, 2.24) is 0 Å². The molecule has 0 spiro atoms.